The minimum absolute atomic E-state index is 0.0154. The maximum Gasteiger partial charge on any atom is 0.160 e. The lowest BCUT2D eigenvalue weighted by molar-refractivity contribution is -0.135. The number of Topliss-reactive ketones (excluding diaryl/α,β-unsaturated/α-hetero) is 2. The molecule has 1 aliphatic rings. The number of ketones is 2. The van der Waals surface area contributed by atoms with Gasteiger partial charge in [0.1, 0.15) is 11.5 Å². The average molecular weight is 624 g/mol. The van der Waals surface area contributed by atoms with Crippen molar-refractivity contribution in [3.63, 3.8) is 0 Å². The molecule has 5 rings (SSSR count). The summed E-state index contributed by atoms with van der Waals surface area (Å²) in [4.78, 5) is 36.0. The Kier molecular flexibility index (Phi) is 11.0. The summed E-state index contributed by atoms with van der Waals surface area (Å²) in [7, 11) is 1.47. The highest BCUT2D eigenvalue weighted by Gasteiger charge is 2.39. The number of aliphatic hydroxyl groups is 1. The minimum atomic E-state index is -0.970. The first kappa shape index (κ1) is 32.6. The third-order valence-electron chi connectivity index (χ3n) is 8.80. The van der Waals surface area contributed by atoms with Crippen molar-refractivity contribution < 1.29 is 29.6 Å². The zero-order valence-corrected chi connectivity index (χ0v) is 26.1. The van der Waals surface area contributed by atoms with E-state index >= 15 is 0 Å². The fourth-order valence-corrected chi connectivity index (χ4v) is 6.47. The number of hydrogen-bond donors (Lipinski definition) is 4. The molecule has 3 unspecified atom stereocenters. The van der Waals surface area contributed by atoms with Crippen LogP contribution >= 0.6 is 0 Å². The van der Waals surface area contributed by atoms with E-state index in [-0.39, 0.29) is 55.0 Å². The van der Waals surface area contributed by atoms with Gasteiger partial charge in [0.05, 0.1) is 13.0 Å². The number of phenols is 2. The van der Waals surface area contributed by atoms with Gasteiger partial charge >= 0.3 is 0 Å². The minimum Gasteiger partial charge on any atom is -0.664 e. The van der Waals surface area contributed by atoms with Gasteiger partial charge in [-0.05, 0) is 80.0 Å². The lowest BCUT2D eigenvalue weighted by Crippen LogP contribution is -2.37. The molecule has 46 heavy (non-hydrogen) atoms. The summed E-state index contributed by atoms with van der Waals surface area (Å²) in [6.45, 7) is -0.0120. The number of aliphatic hydroxyl groups excluding tert-OH is 1. The topological polar surface area (TPSA) is 148 Å². The van der Waals surface area contributed by atoms with Crippen molar-refractivity contribution in [2.75, 3.05) is 20.3 Å². The number of aryl methyl sites for hydroxylation is 2. The van der Waals surface area contributed by atoms with Crippen molar-refractivity contribution in [1.29, 1.82) is 0 Å². The van der Waals surface area contributed by atoms with Crippen molar-refractivity contribution in [3.05, 3.63) is 106 Å². The highest BCUT2D eigenvalue weighted by Crippen LogP contribution is 2.44. The summed E-state index contributed by atoms with van der Waals surface area (Å²) >= 11 is 0. The number of unbranched alkanes of at least 4 members (excludes halogenated alkanes) is 1. The van der Waals surface area contributed by atoms with E-state index in [1.54, 1.807) is 36.7 Å². The highest BCUT2D eigenvalue weighted by atomic mass is 16.5. The van der Waals surface area contributed by atoms with Gasteiger partial charge in [0.2, 0.25) is 0 Å². The van der Waals surface area contributed by atoms with Gasteiger partial charge in [-0.1, -0.05) is 72.0 Å². The standard InChI is InChI=1S/C37H41N3O6/c1-46-34-21-25(12-14-33(34)44)11-13-32(43)30(16-19-41)37(45)36-26(23-40-35-10-5-17-39-35)22-31-28(15-18-38-31)29(36)9-3-2-6-24-7-4-8-27(42)20-24/h4-5,7-8,10,12,14-15,17-18,20-22,29-30,36,39,41-42,44H,2-3,6,9,11,13,16,19,23H2,1H3/q-2. The molecule has 0 bridgehead atoms. The van der Waals surface area contributed by atoms with Gasteiger partial charge in [0.25, 0.3) is 0 Å². The van der Waals surface area contributed by atoms with Crippen LogP contribution in [0.3, 0.4) is 0 Å². The first-order valence-corrected chi connectivity index (χ1v) is 15.8. The fourth-order valence-electron chi connectivity index (χ4n) is 6.47. The number of carbonyl (C=O) groups excluding carboxylic acids is 2. The third-order valence-corrected chi connectivity index (χ3v) is 8.80. The molecule has 9 nitrogen and oxygen atoms in total. The number of hydrogen-bond acceptors (Lipinski definition) is 6. The third kappa shape index (κ3) is 7.90. The summed E-state index contributed by atoms with van der Waals surface area (Å²) in [5, 5.41) is 34.5. The molecule has 0 saturated carbocycles. The second-order valence-corrected chi connectivity index (χ2v) is 11.8. The van der Waals surface area contributed by atoms with Crippen LogP contribution in [0.2, 0.25) is 0 Å². The predicted molar refractivity (Wildman–Crippen MR) is 176 cm³/mol. The number of methoxy groups -OCH3 is 1. The second kappa shape index (κ2) is 15.5. The van der Waals surface area contributed by atoms with Crippen LogP contribution in [-0.2, 0) is 22.4 Å². The maximum absolute atomic E-state index is 14.6. The second-order valence-electron chi connectivity index (χ2n) is 11.8. The van der Waals surface area contributed by atoms with Crippen LogP contribution < -0.4 is 9.72 Å². The number of aromatic nitrogens is 2. The molecule has 2 aromatic heterocycles. The molecule has 0 spiro atoms. The molecule has 242 valence electrons. The van der Waals surface area contributed by atoms with Crippen LogP contribution in [0.5, 0.6) is 17.2 Å². The first-order chi connectivity index (χ1) is 22.4. The van der Waals surface area contributed by atoms with Gasteiger partial charge in [-0.3, -0.25) is 9.59 Å². The van der Waals surface area contributed by atoms with Crippen molar-refractivity contribution >= 4 is 23.5 Å². The summed E-state index contributed by atoms with van der Waals surface area (Å²) in [6, 6.07) is 17.9. The smallest absolute Gasteiger partial charge is 0.160 e. The number of nitrogens with one attached hydrogen (secondary N) is 1. The van der Waals surface area contributed by atoms with Crippen LogP contribution in [0.15, 0.2) is 78.6 Å². The predicted octanol–water partition coefficient (Wildman–Crippen LogP) is 6.38. The molecular formula is C37H41N3O6-2. The number of H-pyrrole nitrogens is 1. The summed E-state index contributed by atoms with van der Waals surface area (Å²) < 4.78 is 5.21. The van der Waals surface area contributed by atoms with Crippen molar-refractivity contribution in [1.82, 2.24) is 9.97 Å². The molecule has 3 atom stereocenters. The summed E-state index contributed by atoms with van der Waals surface area (Å²) in [5.74, 6) is -0.892. The van der Waals surface area contributed by atoms with E-state index in [9.17, 15) is 24.9 Å². The van der Waals surface area contributed by atoms with E-state index in [4.69, 9.17) is 10.1 Å². The van der Waals surface area contributed by atoms with E-state index in [0.717, 1.165) is 47.2 Å². The molecule has 4 N–H and O–H groups in total. The molecule has 2 aromatic carbocycles. The Morgan fingerprint density at radius 1 is 1.02 bits per heavy atom. The average Bonchev–Trinajstić information content (AvgIpc) is 3.76. The largest absolute Gasteiger partial charge is 0.664 e. The Hall–Kier alpha value is -4.76. The van der Waals surface area contributed by atoms with Crippen molar-refractivity contribution in [2.24, 2.45) is 11.8 Å². The van der Waals surface area contributed by atoms with Gasteiger partial charge in [0.15, 0.2) is 17.3 Å². The monoisotopic (exact) mass is 623 g/mol. The van der Waals surface area contributed by atoms with Gasteiger partial charge in [-0.15, -0.1) is 5.69 Å². The molecular weight excluding hydrogens is 582 g/mol. The molecule has 0 aliphatic heterocycles. The Morgan fingerprint density at radius 2 is 1.87 bits per heavy atom. The fraction of sp³-hybridized carbons (Fsp3) is 0.351. The van der Waals surface area contributed by atoms with Gasteiger partial charge < -0.3 is 35.3 Å². The van der Waals surface area contributed by atoms with E-state index in [0.29, 0.717) is 24.4 Å². The molecule has 1 aliphatic carbocycles. The molecule has 0 radical (unpaired) electrons. The number of aromatic hydroxyl groups is 2. The molecule has 4 aromatic rings. The highest BCUT2D eigenvalue weighted by molar-refractivity contribution is 6.05. The zero-order chi connectivity index (χ0) is 32.5. The number of fused-ring (bicyclic) bond motifs is 1. The number of rotatable bonds is 17. The van der Waals surface area contributed by atoms with E-state index in [1.165, 1.54) is 13.2 Å². The lowest BCUT2D eigenvalue weighted by atomic mass is 9.69. The maximum atomic E-state index is 14.6. The quantitative estimate of drug-likeness (QED) is 0.0788. The number of aromatic amines is 1. The van der Waals surface area contributed by atoms with Gasteiger partial charge in [-0.25, -0.2) is 0 Å². The Morgan fingerprint density at radius 3 is 2.63 bits per heavy atom. The Labute approximate surface area is 269 Å². The van der Waals surface area contributed by atoms with Crippen molar-refractivity contribution in [3.8, 4) is 17.2 Å². The zero-order valence-electron chi connectivity index (χ0n) is 26.1. The van der Waals surface area contributed by atoms with Crippen LogP contribution in [0.1, 0.15) is 60.4 Å². The van der Waals surface area contributed by atoms with E-state index in [1.807, 2.05) is 36.4 Å². The first-order valence-electron chi connectivity index (χ1n) is 15.8. The van der Waals surface area contributed by atoms with Crippen molar-refractivity contribution in [2.45, 2.75) is 50.9 Å². The SMILES string of the molecule is COc1cc(CCC(=O)C(CCO)C(=O)C2C(C[N-]c3ccc[nH]3)=Cc3[n-]ccc3C2CCCCc2cccc(O)c2)ccc1O. The van der Waals surface area contributed by atoms with E-state index < -0.39 is 11.8 Å². The lowest BCUT2D eigenvalue weighted by Gasteiger charge is -2.37. The number of benzene rings is 2. The molecule has 0 saturated heterocycles. The van der Waals surface area contributed by atoms with Crippen LogP contribution in [-0.4, -0.2) is 52.1 Å². The van der Waals surface area contributed by atoms with Gasteiger partial charge in [0, 0.05) is 18.9 Å². The van der Waals surface area contributed by atoms with Gasteiger partial charge in [-0.2, -0.15) is 6.20 Å². The number of phenolic OH excluding ortho intramolecular Hbond substituents is 2. The van der Waals surface area contributed by atoms with Crippen LogP contribution in [0, 0.1) is 11.8 Å². The Balaban J connectivity index is 1.37. The normalized spacial score (nSPS) is 16.3. The number of nitrogens with zero attached hydrogens (tertiary/aromatic N) is 2. The Bertz CT molecular complexity index is 1640. The molecule has 0 fully saturated rings. The molecule has 2 heterocycles. The number of carbonyl (C=O) groups is 2. The number of ether oxygens (including phenoxy) is 1. The summed E-state index contributed by atoms with van der Waals surface area (Å²) in [5.41, 5.74) is 4.48. The van der Waals surface area contributed by atoms with Crippen LogP contribution in [0.4, 0.5) is 5.82 Å². The van der Waals surface area contributed by atoms with E-state index in [2.05, 4.69) is 9.97 Å². The molecule has 0 amide bonds. The molecule has 9 heteroatoms. The van der Waals surface area contributed by atoms with Crippen LogP contribution in [0.25, 0.3) is 11.4 Å². The summed E-state index contributed by atoms with van der Waals surface area (Å²) in [6.07, 6.45) is 9.23.